The molecule has 0 aromatic heterocycles. The molecule has 94 valence electrons. The van der Waals surface area contributed by atoms with Crippen molar-refractivity contribution in [3.8, 4) is 0 Å². The molecule has 0 fully saturated rings. The molecule has 2 heteroatoms. The molecular formula is C15H24N2. The molecule has 0 saturated carbocycles. The van der Waals surface area contributed by atoms with Crippen molar-refractivity contribution >= 4 is 5.69 Å². The first kappa shape index (κ1) is 12.4. The number of fused-ring (bicyclic) bond motifs is 1. The van der Waals surface area contributed by atoms with E-state index in [1.807, 2.05) is 7.05 Å². The van der Waals surface area contributed by atoms with E-state index in [1.54, 1.807) is 0 Å². The Bertz CT molecular complexity index is 360. The van der Waals surface area contributed by atoms with E-state index in [-0.39, 0.29) is 0 Å². The fourth-order valence-corrected chi connectivity index (χ4v) is 2.65. The molecule has 1 aromatic rings. The number of nitrogens with one attached hydrogen (secondary N) is 1. The summed E-state index contributed by atoms with van der Waals surface area (Å²) in [6.07, 6.45) is 1.21. The minimum atomic E-state index is 0.728. The Balaban J connectivity index is 2.05. The maximum absolute atomic E-state index is 3.32. The lowest BCUT2D eigenvalue weighted by molar-refractivity contribution is 0.374. The zero-order valence-electron chi connectivity index (χ0n) is 11.2. The van der Waals surface area contributed by atoms with E-state index in [9.17, 15) is 0 Å². The van der Waals surface area contributed by atoms with Crippen LogP contribution in [0.25, 0.3) is 0 Å². The smallest absolute Gasteiger partial charge is 0.0399 e. The van der Waals surface area contributed by atoms with Gasteiger partial charge in [0.2, 0.25) is 0 Å². The summed E-state index contributed by atoms with van der Waals surface area (Å²) in [6.45, 7) is 8.12. The van der Waals surface area contributed by atoms with Gasteiger partial charge in [-0.25, -0.2) is 0 Å². The largest absolute Gasteiger partial charge is 0.371 e. The van der Waals surface area contributed by atoms with E-state index >= 15 is 0 Å². The molecule has 1 aliphatic heterocycles. The average molecular weight is 232 g/mol. The summed E-state index contributed by atoms with van der Waals surface area (Å²) in [6, 6.07) is 8.83. The van der Waals surface area contributed by atoms with Gasteiger partial charge in [-0.2, -0.15) is 0 Å². The number of hydrogen-bond donors (Lipinski definition) is 1. The molecule has 1 aliphatic rings. The lowest BCUT2D eigenvalue weighted by Crippen LogP contribution is -2.35. The monoisotopic (exact) mass is 232 g/mol. The lowest BCUT2D eigenvalue weighted by Gasteiger charge is -2.28. The van der Waals surface area contributed by atoms with E-state index in [0.29, 0.717) is 0 Å². The minimum Gasteiger partial charge on any atom is -0.371 e. The molecule has 2 nitrogen and oxygen atoms in total. The fraction of sp³-hybridized carbons (Fsp3) is 0.600. The summed E-state index contributed by atoms with van der Waals surface area (Å²) in [5.74, 6) is 1.46. The second-order valence-electron chi connectivity index (χ2n) is 5.39. The van der Waals surface area contributed by atoms with Crippen LogP contribution in [0.3, 0.4) is 0 Å². The Hall–Kier alpha value is -1.02. The van der Waals surface area contributed by atoms with Crippen LogP contribution in [0.4, 0.5) is 5.69 Å². The number of rotatable bonds is 5. The molecule has 17 heavy (non-hydrogen) atoms. The van der Waals surface area contributed by atoms with Crippen molar-refractivity contribution in [3.05, 3.63) is 29.8 Å². The van der Waals surface area contributed by atoms with Gasteiger partial charge in [-0.1, -0.05) is 32.0 Å². The standard InChI is InChI=1S/C15H24N2/c1-12(2)14(10-16-3)11-17-9-8-13-6-4-5-7-15(13)17/h4-7,12,14,16H,8-11H2,1-3H3. The molecular weight excluding hydrogens is 208 g/mol. The van der Waals surface area contributed by atoms with Gasteiger partial charge in [-0.05, 0) is 43.5 Å². The zero-order chi connectivity index (χ0) is 12.3. The summed E-state index contributed by atoms with van der Waals surface area (Å²) >= 11 is 0. The quantitative estimate of drug-likeness (QED) is 0.839. The van der Waals surface area contributed by atoms with Crippen LogP contribution in [0, 0.1) is 11.8 Å². The Morgan fingerprint density at radius 1 is 1.29 bits per heavy atom. The van der Waals surface area contributed by atoms with Gasteiger partial charge in [0.1, 0.15) is 0 Å². The van der Waals surface area contributed by atoms with E-state index < -0.39 is 0 Å². The van der Waals surface area contributed by atoms with Crippen molar-refractivity contribution in [1.82, 2.24) is 5.32 Å². The van der Waals surface area contributed by atoms with E-state index in [1.165, 1.54) is 30.8 Å². The fourth-order valence-electron chi connectivity index (χ4n) is 2.65. The maximum Gasteiger partial charge on any atom is 0.0399 e. The summed E-state index contributed by atoms with van der Waals surface area (Å²) < 4.78 is 0. The van der Waals surface area contributed by atoms with Crippen molar-refractivity contribution in [2.45, 2.75) is 20.3 Å². The first-order chi connectivity index (χ1) is 8.22. The van der Waals surface area contributed by atoms with Crippen LogP contribution >= 0.6 is 0 Å². The van der Waals surface area contributed by atoms with Crippen LogP contribution in [-0.2, 0) is 6.42 Å². The Morgan fingerprint density at radius 3 is 2.76 bits per heavy atom. The number of anilines is 1. The number of hydrogen-bond acceptors (Lipinski definition) is 2. The van der Waals surface area contributed by atoms with Crippen molar-refractivity contribution in [1.29, 1.82) is 0 Å². The minimum absolute atomic E-state index is 0.728. The SMILES string of the molecule is CNCC(CN1CCc2ccccc21)C(C)C. The third-order valence-electron chi connectivity index (χ3n) is 3.85. The number of nitrogens with zero attached hydrogens (tertiary/aromatic N) is 1. The second kappa shape index (κ2) is 5.54. The molecule has 1 N–H and O–H groups in total. The van der Waals surface area contributed by atoms with Crippen molar-refractivity contribution in [2.24, 2.45) is 11.8 Å². The maximum atomic E-state index is 3.32. The highest BCUT2D eigenvalue weighted by molar-refractivity contribution is 5.57. The van der Waals surface area contributed by atoms with Crippen LogP contribution in [0.1, 0.15) is 19.4 Å². The third kappa shape index (κ3) is 2.81. The highest BCUT2D eigenvalue weighted by Crippen LogP contribution is 2.28. The van der Waals surface area contributed by atoms with E-state index in [2.05, 4.69) is 48.3 Å². The normalized spacial score (nSPS) is 16.4. The van der Waals surface area contributed by atoms with Gasteiger partial charge >= 0.3 is 0 Å². The summed E-state index contributed by atoms with van der Waals surface area (Å²) in [5, 5.41) is 3.32. The molecule has 2 rings (SSSR count). The first-order valence-corrected chi connectivity index (χ1v) is 6.70. The molecule has 0 bridgehead atoms. The Kier molecular flexibility index (Phi) is 4.06. The predicted octanol–water partition coefficient (Wildman–Crippen LogP) is 2.54. The average Bonchev–Trinajstić information content (AvgIpc) is 2.72. The van der Waals surface area contributed by atoms with Crippen LogP contribution in [0.15, 0.2) is 24.3 Å². The van der Waals surface area contributed by atoms with Crippen LogP contribution in [0.2, 0.25) is 0 Å². The van der Waals surface area contributed by atoms with Crippen molar-refractivity contribution in [2.75, 3.05) is 31.6 Å². The van der Waals surface area contributed by atoms with E-state index in [4.69, 9.17) is 0 Å². The molecule has 0 radical (unpaired) electrons. The van der Waals surface area contributed by atoms with Gasteiger partial charge < -0.3 is 10.2 Å². The molecule has 1 heterocycles. The van der Waals surface area contributed by atoms with Gasteiger partial charge in [-0.15, -0.1) is 0 Å². The van der Waals surface area contributed by atoms with Crippen LogP contribution < -0.4 is 10.2 Å². The summed E-state index contributed by atoms with van der Waals surface area (Å²) in [7, 11) is 2.05. The topological polar surface area (TPSA) is 15.3 Å². The van der Waals surface area contributed by atoms with Gasteiger partial charge in [0.25, 0.3) is 0 Å². The lowest BCUT2D eigenvalue weighted by atomic mass is 9.95. The third-order valence-corrected chi connectivity index (χ3v) is 3.85. The predicted molar refractivity (Wildman–Crippen MR) is 74.6 cm³/mol. The molecule has 0 saturated heterocycles. The summed E-state index contributed by atoms with van der Waals surface area (Å²) in [4.78, 5) is 2.55. The molecule has 0 spiro atoms. The van der Waals surface area contributed by atoms with Gasteiger partial charge in [0.05, 0.1) is 0 Å². The Labute approximate surface area is 105 Å². The van der Waals surface area contributed by atoms with Gasteiger partial charge in [-0.3, -0.25) is 0 Å². The zero-order valence-corrected chi connectivity index (χ0v) is 11.2. The highest BCUT2D eigenvalue weighted by atomic mass is 15.2. The molecule has 0 amide bonds. The number of benzene rings is 1. The van der Waals surface area contributed by atoms with Crippen LogP contribution in [0.5, 0.6) is 0 Å². The van der Waals surface area contributed by atoms with Gasteiger partial charge in [0, 0.05) is 18.8 Å². The highest BCUT2D eigenvalue weighted by Gasteiger charge is 2.22. The van der Waals surface area contributed by atoms with Gasteiger partial charge in [0.15, 0.2) is 0 Å². The second-order valence-corrected chi connectivity index (χ2v) is 5.39. The van der Waals surface area contributed by atoms with Crippen LogP contribution in [-0.4, -0.2) is 26.7 Å². The van der Waals surface area contributed by atoms with E-state index in [0.717, 1.165) is 18.4 Å². The Morgan fingerprint density at radius 2 is 2.06 bits per heavy atom. The van der Waals surface area contributed by atoms with Crippen molar-refractivity contribution < 1.29 is 0 Å². The summed E-state index contributed by atoms with van der Waals surface area (Å²) in [5.41, 5.74) is 2.97. The molecule has 1 atom stereocenters. The molecule has 1 aromatic carbocycles. The molecule has 0 aliphatic carbocycles. The molecule has 1 unspecified atom stereocenters. The first-order valence-electron chi connectivity index (χ1n) is 6.70. The number of para-hydroxylation sites is 1. The van der Waals surface area contributed by atoms with Crippen molar-refractivity contribution in [3.63, 3.8) is 0 Å².